The highest BCUT2D eigenvalue weighted by Gasteiger charge is 2.28. The van der Waals surface area contributed by atoms with E-state index in [-0.39, 0.29) is 28.2 Å². The Morgan fingerprint density at radius 1 is 1.35 bits per heavy atom. The number of H-pyrrole nitrogens is 1. The minimum atomic E-state index is -3.42. The maximum Gasteiger partial charge on any atom is 0.258 e. The lowest BCUT2D eigenvalue weighted by Gasteiger charge is -2.29. The molecule has 140 valence electrons. The number of nitrogens with one attached hydrogen (secondary N) is 2. The molecule has 0 atom stereocenters. The summed E-state index contributed by atoms with van der Waals surface area (Å²) in [7, 11) is -3.42. The molecule has 0 radical (unpaired) electrons. The molecule has 0 spiro atoms. The van der Waals surface area contributed by atoms with Crippen LogP contribution >= 0.6 is 11.6 Å². The first kappa shape index (κ1) is 18.7. The highest BCUT2D eigenvalue weighted by molar-refractivity contribution is 7.92. The summed E-state index contributed by atoms with van der Waals surface area (Å²) in [5.41, 5.74) is 0.595. The third kappa shape index (κ3) is 3.83. The number of anilines is 2. The van der Waals surface area contributed by atoms with Crippen LogP contribution in [0.25, 0.3) is 0 Å². The number of hydrogen-bond acceptors (Lipinski definition) is 5. The summed E-state index contributed by atoms with van der Waals surface area (Å²) >= 11 is 6.19. The average molecular weight is 398 g/mol. The maximum atomic E-state index is 12.5. The third-order valence-electron chi connectivity index (χ3n) is 4.10. The number of carbonyl (C=O) groups excluding carboxylic acids is 1. The van der Waals surface area contributed by atoms with Crippen LogP contribution in [0.3, 0.4) is 0 Å². The van der Waals surface area contributed by atoms with E-state index < -0.39 is 15.9 Å². The van der Waals surface area contributed by atoms with Gasteiger partial charge in [0.25, 0.3) is 5.91 Å². The molecule has 10 heteroatoms. The van der Waals surface area contributed by atoms with Crippen molar-refractivity contribution in [3.63, 3.8) is 0 Å². The lowest BCUT2D eigenvalue weighted by molar-refractivity contribution is 0.102. The van der Waals surface area contributed by atoms with E-state index in [1.807, 2.05) is 13.8 Å². The van der Waals surface area contributed by atoms with Gasteiger partial charge in [-0.1, -0.05) is 25.4 Å². The highest BCUT2D eigenvalue weighted by atomic mass is 35.5. The van der Waals surface area contributed by atoms with Gasteiger partial charge in [0.15, 0.2) is 0 Å². The third-order valence-corrected chi connectivity index (χ3v) is 6.28. The molecular formula is C16H20ClN5O3S. The van der Waals surface area contributed by atoms with Crippen LogP contribution in [0.5, 0.6) is 0 Å². The van der Waals surface area contributed by atoms with E-state index >= 15 is 0 Å². The van der Waals surface area contributed by atoms with Gasteiger partial charge in [-0.3, -0.25) is 19.5 Å². The Morgan fingerprint density at radius 3 is 2.77 bits per heavy atom. The molecular weight excluding hydrogens is 378 g/mol. The van der Waals surface area contributed by atoms with Crippen LogP contribution in [-0.2, 0) is 10.0 Å². The van der Waals surface area contributed by atoms with Gasteiger partial charge >= 0.3 is 0 Å². The minimum absolute atomic E-state index is 0.0783. The van der Waals surface area contributed by atoms with Crippen molar-refractivity contribution in [3.05, 3.63) is 34.6 Å². The molecule has 2 N–H and O–H groups in total. The number of nitrogens with zero attached hydrogens (tertiary/aromatic N) is 3. The highest BCUT2D eigenvalue weighted by Crippen LogP contribution is 2.31. The number of hydrogen-bond donors (Lipinski definition) is 2. The maximum absolute atomic E-state index is 12.5. The van der Waals surface area contributed by atoms with Crippen molar-refractivity contribution in [2.24, 2.45) is 0 Å². The molecule has 1 aliphatic rings. The Hall–Kier alpha value is -2.13. The fraction of sp³-hybridized carbons (Fsp3) is 0.438. The van der Waals surface area contributed by atoms with Crippen molar-refractivity contribution in [1.82, 2.24) is 15.2 Å². The molecule has 0 bridgehead atoms. The Kier molecular flexibility index (Phi) is 5.19. The molecule has 0 saturated carbocycles. The normalized spacial score (nSPS) is 16.7. The second-order valence-electron chi connectivity index (χ2n) is 6.41. The van der Waals surface area contributed by atoms with Crippen molar-refractivity contribution in [2.75, 3.05) is 21.9 Å². The molecule has 1 aromatic carbocycles. The standard InChI is InChI=1S/C16H20ClN5O3S/c1-10(2)14-18-16(21-20-14)19-15(23)11-5-6-12(17)13(9-11)22-7-3-4-8-26(22,24)25/h5-6,9-10H,3-4,7-8H2,1-2H3,(H2,18,19,20,21,23). The minimum Gasteiger partial charge on any atom is -0.289 e. The summed E-state index contributed by atoms with van der Waals surface area (Å²) in [6.45, 7) is 4.26. The zero-order valence-electron chi connectivity index (χ0n) is 14.5. The van der Waals surface area contributed by atoms with Gasteiger partial charge in [0.05, 0.1) is 16.5 Å². The Morgan fingerprint density at radius 2 is 2.12 bits per heavy atom. The lowest BCUT2D eigenvalue weighted by Crippen LogP contribution is -2.38. The van der Waals surface area contributed by atoms with Gasteiger partial charge in [0.1, 0.15) is 5.82 Å². The van der Waals surface area contributed by atoms with E-state index in [9.17, 15) is 13.2 Å². The predicted molar refractivity (Wildman–Crippen MR) is 100 cm³/mol. The number of aromatic amines is 1. The molecule has 1 amide bonds. The smallest absolute Gasteiger partial charge is 0.258 e. The fourth-order valence-corrected chi connectivity index (χ4v) is 4.58. The molecule has 0 aliphatic carbocycles. The molecule has 26 heavy (non-hydrogen) atoms. The Labute approximate surface area is 157 Å². The second-order valence-corrected chi connectivity index (χ2v) is 8.83. The van der Waals surface area contributed by atoms with Gasteiger partial charge < -0.3 is 0 Å². The number of halogens is 1. The number of rotatable bonds is 4. The summed E-state index contributed by atoms with van der Waals surface area (Å²) in [5.74, 6) is 0.623. The van der Waals surface area contributed by atoms with Crippen molar-refractivity contribution >= 4 is 39.2 Å². The van der Waals surface area contributed by atoms with Crippen molar-refractivity contribution in [2.45, 2.75) is 32.6 Å². The van der Waals surface area contributed by atoms with Gasteiger partial charge in [0, 0.05) is 18.0 Å². The van der Waals surface area contributed by atoms with Gasteiger partial charge in [-0.2, -0.15) is 4.98 Å². The zero-order chi connectivity index (χ0) is 18.9. The number of benzene rings is 1. The molecule has 1 aromatic heterocycles. The molecule has 1 fully saturated rings. The van der Waals surface area contributed by atoms with Crippen molar-refractivity contribution in [1.29, 1.82) is 0 Å². The predicted octanol–water partition coefficient (Wildman–Crippen LogP) is 2.76. The summed E-state index contributed by atoms with van der Waals surface area (Å²) in [5, 5.41) is 9.60. The molecule has 1 saturated heterocycles. The monoisotopic (exact) mass is 397 g/mol. The number of carbonyl (C=O) groups is 1. The first-order valence-electron chi connectivity index (χ1n) is 8.31. The van der Waals surface area contributed by atoms with Crippen LogP contribution in [-0.4, -0.2) is 41.8 Å². The quantitative estimate of drug-likeness (QED) is 0.824. The van der Waals surface area contributed by atoms with Crippen LogP contribution < -0.4 is 9.62 Å². The topological polar surface area (TPSA) is 108 Å². The van der Waals surface area contributed by atoms with Crippen LogP contribution in [0.2, 0.25) is 5.02 Å². The van der Waals surface area contributed by atoms with Gasteiger partial charge in [-0.15, -0.1) is 5.10 Å². The van der Waals surface area contributed by atoms with Crippen LogP contribution in [0.1, 0.15) is 48.8 Å². The van der Waals surface area contributed by atoms with E-state index in [0.717, 1.165) is 6.42 Å². The summed E-state index contributed by atoms with van der Waals surface area (Å²) in [6, 6.07) is 4.54. The largest absolute Gasteiger partial charge is 0.289 e. The first-order valence-corrected chi connectivity index (χ1v) is 10.3. The van der Waals surface area contributed by atoms with E-state index in [0.29, 0.717) is 24.5 Å². The number of aromatic nitrogens is 3. The lowest BCUT2D eigenvalue weighted by atomic mass is 10.2. The number of amides is 1. The van der Waals surface area contributed by atoms with Crippen LogP contribution in [0.15, 0.2) is 18.2 Å². The van der Waals surface area contributed by atoms with Crippen LogP contribution in [0, 0.1) is 0 Å². The van der Waals surface area contributed by atoms with Crippen molar-refractivity contribution in [3.8, 4) is 0 Å². The fourth-order valence-electron chi connectivity index (χ4n) is 2.67. The Bertz CT molecular complexity index is 926. The molecule has 2 heterocycles. The summed E-state index contributed by atoms with van der Waals surface area (Å²) < 4.78 is 25.9. The van der Waals surface area contributed by atoms with E-state index in [4.69, 9.17) is 11.6 Å². The van der Waals surface area contributed by atoms with E-state index in [1.54, 1.807) is 0 Å². The van der Waals surface area contributed by atoms with Crippen molar-refractivity contribution < 1.29 is 13.2 Å². The molecule has 1 aliphatic heterocycles. The van der Waals surface area contributed by atoms with Gasteiger partial charge in [-0.05, 0) is 31.0 Å². The average Bonchev–Trinajstić information content (AvgIpc) is 3.04. The second kappa shape index (κ2) is 7.24. The molecule has 8 nitrogen and oxygen atoms in total. The summed E-state index contributed by atoms with van der Waals surface area (Å²) in [6.07, 6.45) is 1.38. The Balaban J connectivity index is 1.85. The molecule has 2 aromatic rings. The van der Waals surface area contributed by atoms with Gasteiger partial charge in [-0.25, -0.2) is 8.42 Å². The molecule has 0 unspecified atom stereocenters. The van der Waals surface area contributed by atoms with Gasteiger partial charge in [0.2, 0.25) is 16.0 Å². The first-order chi connectivity index (χ1) is 12.3. The zero-order valence-corrected chi connectivity index (χ0v) is 16.1. The van der Waals surface area contributed by atoms with Crippen LogP contribution in [0.4, 0.5) is 11.6 Å². The SMILES string of the molecule is CC(C)c1nc(NC(=O)c2ccc(Cl)c(N3CCCCS3(=O)=O)c2)n[nH]1. The summed E-state index contributed by atoms with van der Waals surface area (Å²) in [4.78, 5) is 16.7. The number of sulfonamides is 1. The van der Waals surface area contributed by atoms with E-state index in [2.05, 4.69) is 20.5 Å². The molecule has 3 rings (SSSR count). The van der Waals surface area contributed by atoms with E-state index in [1.165, 1.54) is 22.5 Å².